The molecule has 28 heavy (non-hydrogen) atoms. The Bertz CT molecular complexity index is 819. The maximum absolute atomic E-state index is 13.0. The van der Waals surface area contributed by atoms with Gasteiger partial charge in [0.05, 0.1) is 18.4 Å². The van der Waals surface area contributed by atoms with Crippen molar-refractivity contribution >= 4 is 17.6 Å². The summed E-state index contributed by atoms with van der Waals surface area (Å²) in [4.78, 5) is 24.0. The molecular formula is C20H20F3NO4. The summed E-state index contributed by atoms with van der Waals surface area (Å²) >= 11 is 0. The largest absolute Gasteiger partial charge is 0.497 e. The molecule has 0 spiro atoms. The van der Waals surface area contributed by atoms with Crippen molar-refractivity contribution in [2.75, 3.05) is 12.4 Å². The van der Waals surface area contributed by atoms with Gasteiger partial charge in [0.15, 0.2) is 6.10 Å². The Hall–Kier alpha value is -3.03. The molecule has 0 bridgehead atoms. The number of halogens is 3. The molecule has 1 amide bonds. The number of hydrogen-bond donors (Lipinski definition) is 1. The molecule has 2 aromatic rings. The van der Waals surface area contributed by atoms with Crippen molar-refractivity contribution in [3.8, 4) is 5.75 Å². The molecule has 1 unspecified atom stereocenters. The van der Waals surface area contributed by atoms with Crippen LogP contribution >= 0.6 is 0 Å². The van der Waals surface area contributed by atoms with Gasteiger partial charge in [0.1, 0.15) is 5.75 Å². The number of hydrogen-bond acceptors (Lipinski definition) is 4. The molecule has 0 aliphatic heterocycles. The van der Waals surface area contributed by atoms with Gasteiger partial charge in [0.2, 0.25) is 0 Å². The van der Waals surface area contributed by atoms with Gasteiger partial charge >= 0.3 is 12.1 Å². The molecule has 8 heteroatoms. The highest BCUT2D eigenvalue weighted by Gasteiger charge is 2.34. The van der Waals surface area contributed by atoms with Crippen LogP contribution in [0.15, 0.2) is 48.5 Å². The van der Waals surface area contributed by atoms with E-state index < -0.39 is 29.7 Å². The fourth-order valence-corrected chi connectivity index (χ4v) is 2.42. The number of nitrogens with one attached hydrogen (secondary N) is 1. The zero-order chi connectivity index (χ0) is 20.7. The molecule has 5 nitrogen and oxygen atoms in total. The summed E-state index contributed by atoms with van der Waals surface area (Å²) in [6, 6.07) is 11.7. The second-order valence-electron chi connectivity index (χ2n) is 6.01. The number of amides is 1. The zero-order valence-corrected chi connectivity index (χ0v) is 15.4. The van der Waals surface area contributed by atoms with Crippen molar-refractivity contribution < 1.29 is 32.2 Å². The van der Waals surface area contributed by atoms with E-state index in [1.807, 2.05) is 0 Å². The first kappa shape index (κ1) is 21.3. The lowest BCUT2D eigenvalue weighted by Crippen LogP contribution is -2.30. The fraction of sp³-hybridized carbons (Fsp3) is 0.300. The number of carbonyl (C=O) groups is 2. The van der Waals surface area contributed by atoms with E-state index in [1.165, 1.54) is 19.1 Å². The summed E-state index contributed by atoms with van der Waals surface area (Å²) in [7, 11) is 1.55. The van der Waals surface area contributed by atoms with Gasteiger partial charge in [0.25, 0.3) is 5.91 Å². The molecule has 1 N–H and O–H groups in total. The molecule has 2 rings (SSSR count). The van der Waals surface area contributed by atoms with Gasteiger partial charge in [-0.3, -0.25) is 9.59 Å². The van der Waals surface area contributed by atoms with Crippen LogP contribution in [-0.2, 0) is 26.9 Å². The highest BCUT2D eigenvalue weighted by atomic mass is 19.4. The SMILES string of the molecule is COc1ccc(CCC(=O)OC(C)C(=O)Nc2ccccc2C(F)(F)F)cc1. The topological polar surface area (TPSA) is 64.6 Å². The van der Waals surface area contributed by atoms with E-state index in [9.17, 15) is 22.8 Å². The maximum Gasteiger partial charge on any atom is 0.418 e. The lowest BCUT2D eigenvalue weighted by Gasteiger charge is -2.16. The van der Waals surface area contributed by atoms with E-state index in [0.717, 1.165) is 17.7 Å². The molecule has 0 fully saturated rings. The van der Waals surface area contributed by atoms with Gasteiger partial charge in [0, 0.05) is 6.42 Å². The molecule has 0 aliphatic rings. The Balaban J connectivity index is 1.89. The Morgan fingerprint density at radius 3 is 2.32 bits per heavy atom. The van der Waals surface area contributed by atoms with Crippen molar-refractivity contribution in [2.24, 2.45) is 0 Å². The van der Waals surface area contributed by atoms with Crippen molar-refractivity contribution in [3.05, 3.63) is 59.7 Å². The minimum atomic E-state index is -4.61. The van der Waals surface area contributed by atoms with Gasteiger partial charge in [-0.1, -0.05) is 24.3 Å². The van der Waals surface area contributed by atoms with E-state index in [2.05, 4.69) is 5.32 Å². The second-order valence-corrected chi connectivity index (χ2v) is 6.01. The number of esters is 1. The van der Waals surface area contributed by atoms with Gasteiger partial charge in [-0.25, -0.2) is 0 Å². The van der Waals surface area contributed by atoms with Crippen LogP contribution < -0.4 is 10.1 Å². The van der Waals surface area contributed by atoms with E-state index in [0.29, 0.717) is 12.2 Å². The summed E-state index contributed by atoms with van der Waals surface area (Å²) in [6.45, 7) is 1.30. The van der Waals surface area contributed by atoms with E-state index in [1.54, 1.807) is 31.4 Å². The van der Waals surface area contributed by atoms with Gasteiger partial charge in [-0.05, 0) is 43.2 Å². The predicted molar refractivity (Wildman–Crippen MR) is 96.9 cm³/mol. The Labute approximate surface area is 160 Å². The van der Waals surface area contributed by atoms with Crippen molar-refractivity contribution in [1.29, 1.82) is 0 Å². The Morgan fingerprint density at radius 2 is 1.71 bits per heavy atom. The molecule has 0 saturated heterocycles. The zero-order valence-electron chi connectivity index (χ0n) is 15.4. The van der Waals surface area contributed by atoms with Crippen LogP contribution in [0.4, 0.5) is 18.9 Å². The Morgan fingerprint density at radius 1 is 1.07 bits per heavy atom. The third-order valence-electron chi connectivity index (χ3n) is 3.94. The van der Waals surface area contributed by atoms with Crippen LogP contribution in [0.2, 0.25) is 0 Å². The average Bonchev–Trinajstić information content (AvgIpc) is 2.66. The number of carbonyl (C=O) groups excluding carboxylic acids is 2. The van der Waals surface area contributed by atoms with Gasteiger partial charge in [-0.15, -0.1) is 0 Å². The van der Waals surface area contributed by atoms with Crippen LogP contribution in [0.5, 0.6) is 5.75 Å². The predicted octanol–water partition coefficient (Wildman–Crippen LogP) is 4.22. The van der Waals surface area contributed by atoms with Gasteiger partial charge < -0.3 is 14.8 Å². The van der Waals surface area contributed by atoms with Crippen molar-refractivity contribution in [1.82, 2.24) is 0 Å². The van der Waals surface area contributed by atoms with Crippen LogP contribution in [0.25, 0.3) is 0 Å². The molecule has 1 atom stereocenters. The number of anilines is 1. The molecule has 0 saturated carbocycles. The first-order chi connectivity index (χ1) is 13.2. The third-order valence-corrected chi connectivity index (χ3v) is 3.94. The molecule has 0 heterocycles. The molecular weight excluding hydrogens is 375 g/mol. The highest BCUT2D eigenvalue weighted by Crippen LogP contribution is 2.34. The summed E-state index contributed by atoms with van der Waals surface area (Å²) < 4.78 is 49.0. The number of methoxy groups -OCH3 is 1. The van der Waals surface area contributed by atoms with Gasteiger partial charge in [-0.2, -0.15) is 13.2 Å². The fourth-order valence-electron chi connectivity index (χ4n) is 2.42. The van der Waals surface area contributed by atoms with Crippen molar-refractivity contribution in [3.63, 3.8) is 0 Å². The van der Waals surface area contributed by atoms with E-state index in [-0.39, 0.29) is 12.1 Å². The number of benzene rings is 2. The second kappa shape index (κ2) is 9.25. The van der Waals surface area contributed by atoms with Crippen LogP contribution in [0, 0.1) is 0 Å². The number of aryl methyl sites for hydroxylation is 1. The molecule has 150 valence electrons. The standard InChI is InChI=1S/C20H20F3NO4/c1-13(19(26)24-17-6-4-3-5-16(17)20(21,22)23)28-18(25)12-9-14-7-10-15(27-2)11-8-14/h3-8,10-11,13H,9,12H2,1-2H3,(H,24,26). The smallest absolute Gasteiger partial charge is 0.418 e. The Kier molecular flexibility index (Phi) is 7.03. The van der Waals surface area contributed by atoms with Crippen LogP contribution in [0.1, 0.15) is 24.5 Å². The quantitative estimate of drug-likeness (QED) is 0.713. The molecule has 2 aromatic carbocycles. The highest BCUT2D eigenvalue weighted by molar-refractivity contribution is 5.95. The third kappa shape index (κ3) is 6.00. The minimum Gasteiger partial charge on any atom is -0.497 e. The molecule has 0 radical (unpaired) electrons. The summed E-state index contributed by atoms with van der Waals surface area (Å²) in [5, 5.41) is 2.16. The summed E-state index contributed by atoms with van der Waals surface area (Å²) in [5.41, 5.74) is -0.475. The minimum absolute atomic E-state index is 0.0308. The van der Waals surface area contributed by atoms with Crippen LogP contribution in [0.3, 0.4) is 0 Å². The van der Waals surface area contributed by atoms with Crippen LogP contribution in [-0.4, -0.2) is 25.1 Å². The normalized spacial score (nSPS) is 12.2. The molecule has 0 aromatic heterocycles. The number of alkyl halides is 3. The first-order valence-electron chi connectivity index (χ1n) is 8.50. The monoisotopic (exact) mass is 395 g/mol. The van der Waals surface area contributed by atoms with Crippen molar-refractivity contribution in [2.45, 2.75) is 32.0 Å². The van der Waals surface area contributed by atoms with E-state index in [4.69, 9.17) is 9.47 Å². The number of para-hydroxylation sites is 1. The number of ether oxygens (including phenoxy) is 2. The lowest BCUT2D eigenvalue weighted by atomic mass is 10.1. The number of rotatable bonds is 7. The average molecular weight is 395 g/mol. The van der Waals surface area contributed by atoms with E-state index >= 15 is 0 Å². The first-order valence-corrected chi connectivity index (χ1v) is 8.50. The maximum atomic E-state index is 13.0. The lowest BCUT2D eigenvalue weighted by molar-refractivity contribution is -0.153. The summed E-state index contributed by atoms with van der Waals surface area (Å²) in [5.74, 6) is -0.771. The summed E-state index contributed by atoms with van der Waals surface area (Å²) in [6.07, 6.45) is -5.41. The molecule has 0 aliphatic carbocycles.